The Balaban J connectivity index is 1.15. The third-order valence-corrected chi connectivity index (χ3v) is 13.8. The zero-order valence-corrected chi connectivity index (χ0v) is 32.3. The van der Waals surface area contributed by atoms with Crippen molar-refractivity contribution in [2.45, 2.75) is 12.8 Å². The van der Waals surface area contributed by atoms with Crippen LogP contribution in [-0.2, 0) is 0 Å². The predicted molar refractivity (Wildman–Crippen MR) is 241 cm³/mol. The predicted octanol–water partition coefficient (Wildman–Crippen LogP) is 12.3. The highest BCUT2D eigenvalue weighted by molar-refractivity contribution is 7.26. The zero-order chi connectivity index (χ0) is 37.5. The van der Waals surface area contributed by atoms with Gasteiger partial charge in [-0.2, -0.15) is 0 Å². The van der Waals surface area contributed by atoms with Gasteiger partial charge in [0, 0.05) is 63.3 Å². The van der Waals surface area contributed by atoms with E-state index in [4.69, 9.17) is 15.0 Å². The van der Waals surface area contributed by atoms with Gasteiger partial charge in [-0.05, 0) is 65.6 Å². The standard InChI is InChI=1S/C51H32N4S2/c1-3-14-31(15-4-1)32-16-11-17-33(30-32)49-52-50(40-23-13-27-44-45(40)39-21-8-10-26-43(39)56-44)54-51(53-49)41-24-12-22-37-38-29-28-36-35-20-7-9-25-42(35)55(34-18-5-2-6-19-34)46(36)48(38)57-47(37)41/h1-11,13-23,25-30H,12,24H2. The van der Waals surface area contributed by atoms with Crippen molar-refractivity contribution in [1.29, 1.82) is 0 Å². The van der Waals surface area contributed by atoms with Gasteiger partial charge in [0.15, 0.2) is 17.5 Å². The van der Waals surface area contributed by atoms with Crippen molar-refractivity contribution in [3.63, 3.8) is 0 Å². The fourth-order valence-electron chi connectivity index (χ4n) is 8.77. The smallest absolute Gasteiger partial charge is 0.164 e. The summed E-state index contributed by atoms with van der Waals surface area (Å²) in [5, 5.41) is 7.51. The highest BCUT2D eigenvalue weighted by Crippen LogP contribution is 2.41. The molecule has 12 rings (SSSR count). The van der Waals surface area contributed by atoms with Crippen molar-refractivity contribution in [1.82, 2.24) is 19.5 Å². The number of nitrogens with zero attached hydrogens (tertiary/aromatic N) is 4. The lowest BCUT2D eigenvalue weighted by Gasteiger charge is -2.13. The summed E-state index contributed by atoms with van der Waals surface area (Å²) in [4.78, 5) is 16.1. The van der Waals surface area contributed by atoms with Crippen LogP contribution in [0.5, 0.6) is 0 Å². The SMILES string of the molecule is C1=c2c(sc3c2ccc2c4ccccc4n(-c4ccccc4)c23)=C(c2nc(-c3cccc(-c4ccccc4)c3)nc(-c3cccc4sc5ccccc5c34)n2)CC1. The molecule has 0 radical (unpaired) electrons. The van der Waals surface area contributed by atoms with Crippen molar-refractivity contribution in [3.05, 3.63) is 179 Å². The topological polar surface area (TPSA) is 43.6 Å². The molecule has 0 atom stereocenters. The molecule has 1 aliphatic carbocycles. The first-order valence-electron chi connectivity index (χ1n) is 19.3. The summed E-state index contributed by atoms with van der Waals surface area (Å²) < 4.78 is 7.46. The van der Waals surface area contributed by atoms with Gasteiger partial charge in [0.25, 0.3) is 0 Å². The van der Waals surface area contributed by atoms with E-state index in [1.165, 1.54) is 67.4 Å². The van der Waals surface area contributed by atoms with Crippen molar-refractivity contribution in [2.24, 2.45) is 0 Å². The maximum absolute atomic E-state index is 5.43. The van der Waals surface area contributed by atoms with Crippen LogP contribution in [0.3, 0.4) is 0 Å². The number of hydrogen-bond donors (Lipinski definition) is 0. The molecule has 11 aromatic rings. The van der Waals surface area contributed by atoms with Gasteiger partial charge in [0.2, 0.25) is 0 Å². The highest BCUT2D eigenvalue weighted by Gasteiger charge is 2.22. The number of thiophene rings is 2. The van der Waals surface area contributed by atoms with E-state index >= 15 is 0 Å². The second kappa shape index (κ2) is 12.9. The summed E-state index contributed by atoms with van der Waals surface area (Å²) >= 11 is 3.69. The van der Waals surface area contributed by atoms with E-state index in [2.05, 4.69) is 174 Å². The van der Waals surface area contributed by atoms with Gasteiger partial charge < -0.3 is 4.57 Å². The van der Waals surface area contributed by atoms with Crippen molar-refractivity contribution >= 4 is 86.4 Å². The second-order valence-electron chi connectivity index (χ2n) is 14.6. The number of benzene rings is 7. The quantitative estimate of drug-likeness (QED) is 0.175. The molecular weight excluding hydrogens is 733 g/mol. The van der Waals surface area contributed by atoms with Crippen molar-refractivity contribution in [2.75, 3.05) is 0 Å². The Morgan fingerprint density at radius 3 is 2.07 bits per heavy atom. The maximum atomic E-state index is 5.43. The van der Waals surface area contributed by atoms with Gasteiger partial charge in [-0.15, -0.1) is 22.7 Å². The normalized spacial score (nSPS) is 12.9. The third-order valence-electron chi connectivity index (χ3n) is 11.3. The van der Waals surface area contributed by atoms with Crippen LogP contribution in [0.15, 0.2) is 164 Å². The Hall–Kier alpha value is -6.73. The molecule has 0 bridgehead atoms. The second-order valence-corrected chi connectivity index (χ2v) is 16.7. The average molecular weight is 765 g/mol. The van der Waals surface area contributed by atoms with Gasteiger partial charge in [0.1, 0.15) is 0 Å². The summed E-state index contributed by atoms with van der Waals surface area (Å²) in [5.74, 6) is 2.13. The summed E-state index contributed by atoms with van der Waals surface area (Å²) in [6.45, 7) is 0. The molecule has 0 saturated carbocycles. The summed E-state index contributed by atoms with van der Waals surface area (Å²) in [5.41, 5.74) is 9.09. The van der Waals surface area contributed by atoms with Gasteiger partial charge >= 0.3 is 0 Å². The highest BCUT2D eigenvalue weighted by atomic mass is 32.1. The summed E-state index contributed by atoms with van der Waals surface area (Å²) in [7, 11) is 0. The molecule has 0 amide bonds. The Kier molecular flexibility index (Phi) is 7.37. The van der Waals surface area contributed by atoms with E-state index in [1.54, 1.807) is 0 Å². The van der Waals surface area contributed by atoms with Crippen molar-refractivity contribution < 1.29 is 0 Å². The minimum Gasteiger partial charge on any atom is -0.308 e. The lowest BCUT2D eigenvalue weighted by atomic mass is 10.0. The molecule has 0 saturated heterocycles. The average Bonchev–Trinajstić information content (AvgIpc) is 3.97. The van der Waals surface area contributed by atoms with Crippen LogP contribution in [0.4, 0.5) is 0 Å². The number of rotatable bonds is 5. The molecule has 4 aromatic heterocycles. The van der Waals surface area contributed by atoms with Gasteiger partial charge in [0.05, 0.1) is 15.7 Å². The zero-order valence-electron chi connectivity index (χ0n) is 30.7. The van der Waals surface area contributed by atoms with Gasteiger partial charge in [-0.3, -0.25) is 0 Å². The van der Waals surface area contributed by atoms with Crippen LogP contribution < -0.4 is 9.75 Å². The van der Waals surface area contributed by atoms with Crippen LogP contribution in [0.2, 0.25) is 0 Å². The lowest BCUT2D eigenvalue weighted by Crippen LogP contribution is -2.26. The first kappa shape index (κ1) is 32.5. The van der Waals surface area contributed by atoms with Crippen LogP contribution in [0, 0.1) is 0 Å². The number of para-hydroxylation sites is 2. The maximum Gasteiger partial charge on any atom is 0.164 e. The number of fused-ring (bicyclic) bond motifs is 10. The van der Waals surface area contributed by atoms with E-state index in [0.29, 0.717) is 11.6 Å². The molecule has 57 heavy (non-hydrogen) atoms. The van der Waals surface area contributed by atoms with Gasteiger partial charge in [-0.1, -0.05) is 133 Å². The van der Waals surface area contributed by atoms with Crippen LogP contribution in [0.25, 0.3) is 103 Å². The molecule has 6 heteroatoms. The Morgan fingerprint density at radius 2 is 1.18 bits per heavy atom. The number of hydrogen-bond acceptors (Lipinski definition) is 5. The van der Waals surface area contributed by atoms with E-state index in [9.17, 15) is 0 Å². The molecule has 0 fully saturated rings. The van der Waals surface area contributed by atoms with E-state index < -0.39 is 0 Å². The molecule has 0 aliphatic heterocycles. The van der Waals surface area contributed by atoms with Crippen molar-refractivity contribution in [3.8, 4) is 39.6 Å². The van der Waals surface area contributed by atoms with Gasteiger partial charge in [-0.25, -0.2) is 15.0 Å². The minimum atomic E-state index is 0.681. The largest absolute Gasteiger partial charge is 0.308 e. The monoisotopic (exact) mass is 764 g/mol. The Morgan fingerprint density at radius 1 is 0.491 bits per heavy atom. The molecule has 0 N–H and O–H groups in total. The lowest BCUT2D eigenvalue weighted by molar-refractivity contribution is 0.988. The molecule has 268 valence electrons. The van der Waals surface area contributed by atoms with E-state index in [1.807, 2.05) is 22.7 Å². The minimum absolute atomic E-state index is 0.681. The molecular formula is C51H32N4S2. The van der Waals surface area contributed by atoms with Crippen LogP contribution >= 0.6 is 22.7 Å². The van der Waals surface area contributed by atoms with E-state index in [-0.39, 0.29) is 0 Å². The summed E-state index contributed by atoms with van der Waals surface area (Å²) in [6.07, 6.45) is 4.19. The van der Waals surface area contributed by atoms with E-state index in [0.717, 1.165) is 46.6 Å². The molecule has 4 heterocycles. The Labute approximate surface area is 336 Å². The Bertz CT molecular complexity index is 3520. The molecule has 1 aliphatic rings. The molecule has 4 nitrogen and oxygen atoms in total. The fraction of sp³-hybridized carbons (Fsp3) is 0.0392. The molecule has 0 unspecified atom stereocenters. The summed E-state index contributed by atoms with van der Waals surface area (Å²) in [6, 6.07) is 58.5. The van der Waals surface area contributed by atoms with Crippen LogP contribution in [0.1, 0.15) is 18.7 Å². The molecule has 7 aromatic carbocycles. The third kappa shape index (κ3) is 5.15. The number of aromatic nitrogens is 4. The fourth-order valence-corrected chi connectivity index (χ4v) is 11.3. The molecule has 0 spiro atoms. The van der Waals surface area contributed by atoms with Crippen LogP contribution in [-0.4, -0.2) is 19.5 Å². The first-order valence-corrected chi connectivity index (χ1v) is 21.0. The first-order chi connectivity index (χ1) is 28.3.